The van der Waals surface area contributed by atoms with E-state index in [9.17, 15) is 20.1 Å². The molecular formula is C47H61N3O10. The Kier molecular flexibility index (Phi) is 16.5. The number of oxime groups is 1. The minimum atomic E-state index is -1.46. The molecular weight excluding hydrogens is 767 g/mol. The molecule has 0 radical (unpaired) electrons. The Morgan fingerprint density at radius 1 is 0.983 bits per heavy atom. The number of fused-ring (bicyclic) bond motifs is 2. The topological polar surface area (TPSA) is 162 Å². The van der Waals surface area contributed by atoms with Crippen molar-refractivity contribution >= 4 is 11.8 Å². The van der Waals surface area contributed by atoms with Crippen molar-refractivity contribution in [1.82, 2.24) is 9.88 Å². The van der Waals surface area contributed by atoms with Crippen LogP contribution in [0, 0.1) is 24.7 Å². The van der Waals surface area contributed by atoms with E-state index in [-0.39, 0.29) is 83.6 Å². The van der Waals surface area contributed by atoms with Gasteiger partial charge in [-0.05, 0) is 85.9 Å². The predicted octanol–water partition coefficient (Wildman–Crippen LogP) is 6.88. The van der Waals surface area contributed by atoms with Crippen molar-refractivity contribution in [2.24, 2.45) is 22.9 Å². The molecule has 13 heteroatoms. The highest BCUT2D eigenvalue weighted by Crippen LogP contribution is 2.62. The molecule has 6 unspecified atom stereocenters. The fourth-order valence-corrected chi connectivity index (χ4v) is 9.16. The summed E-state index contributed by atoms with van der Waals surface area (Å²) in [5.74, 6) is -0.824. The molecule has 3 aromatic rings. The van der Waals surface area contributed by atoms with E-state index in [1.54, 1.807) is 11.0 Å². The SMILES string of the molecule is C=CCOC12Oc3ccc(OCc4cccc(C)n4)cc3C3C(CCCCO)C(CCCCO)C=C(C(=NOCc4ccccc4)CC1N(CCOCCO)C(=O)OC)C32. The first-order valence-corrected chi connectivity index (χ1v) is 21.2. The maximum Gasteiger partial charge on any atom is 0.410 e. The van der Waals surface area contributed by atoms with Crippen molar-refractivity contribution in [3.63, 3.8) is 0 Å². The summed E-state index contributed by atoms with van der Waals surface area (Å²) in [6, 6.07) is 20.8. The maximum atomic E-state index is 14.0. The zero-order valence-corrected chi connectivity index (χ0v) is 35.0. The van der Waals surface area contributed by atoms with E-state index in [1.165, 1.54) is 7.11 Å². The summed E-state index contributed by atoms with van der Waals surface area (Å²) < 4.78 is 31.8. The van der Waals surface area contributed by atoms with Crippen molar-refractivity contribution < 1.29 is 48.6 Å². The van der Waals surface area contributed by atoms with Crippen LogP contribution in [0.5, 0.6) is 11.5 Å². The van der Waals surface area contributed by atoms with Crippen LogP contribution in [0.2, 0.25) is 0 Å². The number of benzene rings is 2. The average Bonchev–Trinajstić information content (AvgIpc) is 3.26. The van der Waals surface area contributed by atoms with Crippen molar-refractivity contribution in [3.05, 3.63) is 114 Å². The Balaban J connectivity index is 1.54. The first kappa shape index (κ1) is 44.8. The molecule has 1 fully saturated rings. The Morgan fingerprint density at radius 2 is 1.78 bits per heavy atom. The Hall–Kier alpha value is -4.79. The van der Waals surface area contributed by atoms with Crippen LogP contribution >= 0.6 is 0 Å². The van der Waals surface area contributed by atoms with Gasteiger partial charge in [0.05, 0.1) is 50.9 Å². The normalized spacial score (nSPS) is 23.4. The smallest absolute Gasteiger partial charge is 0.410 e. The number of aryl methyl sites for hydroxylation is 1. The second kappa shape index (κ2) is 22.2. The quantitative estimate of drug-likeness (QED) is 0.0519. The number of amides is 1. The first-order chi connectivity index (χ1) is 29.4. The van der Waals surface area contributed by atoms with Gasteiger partial charge < -0.3 is 43.8 Å². The van der Waals surface area contributed by atoms with E-state index in [1.807, 2.05) is 67.6 Å². The number of allylic oxidation sites excluding steroid dienone is 1. The van der Waals surface area contributed by atoms with Crippen LogP contribution < -0.4 is 9.47 Å². The van der Waals surface area contributed by atoms with E-state index in [0.717, 1.165) is 53.8 Å². The van der Waals surface area contributed by atoms with Crippen molar-refractivity contribution in [1.29, 1.82) is 0 Å². The van der Waals surface area contributed by atoms with E-state index >= 15 is 0 Å². The van der Waals surface area contributed by atoms with Crippen LogP contribution in [0.4, 0.5) is 4.79 Å². The lowest BCUT2D eigenvalue weighted by molar-refractivity contribution is -0.256. The fraction of sp³-hybridized carbons (Fsp3) is 0.511. The largest absolute Gasteiger partial charge is 0.487 e. The third-order valence-electron chi connectivity index (χ3n) is 11.7. The number of ether oxygens (including phenoxy) is 5. The van der Waals surface area contributed by atoms with Gasteiger partial charge in [0.15, 0.2) is 0 Å². The molecule has 1 aliphatic heterocycles. The first-order valence-electron chi connectivity index (χ1n) is 21.2. The van der Waals surface area contributed by atoms with Crippen molar-refractivity contribution in [2.75, 3.05) is 53.3 Å². The summed E-state index contributed by atoms with van der Waals surface area (Å²) in [7, 11) is 1.34. The van der Waals surface area contributed by atoms with Crippen LogP contribution in [0.3, 0.4) is 0 Å². The number of carbonyl (C=O) groups excluding carboxylic acids is 1. The molecule has 2 aromatic carbocycles. The molecule has 0 saturated heterocycles. The zero-order chi connectivity index (χ0) is 42.3. The molecule has 324 valence electrons. The molecule has 13 nitrogen and oxygen atoms in total. The Labute approximate surface area is 353 Å². The van der Waals surface area contributed by atoms with Crippen LogP contribution in [-0.2, 0) is 32.3 Å². The maximum absolute atomic E-state index is 14.0. The number of nitrogens with zero attached hydrogens (tertiary/aromatic N) is 3. The van der Waals surface area contributed by atoms with E-state index in [2.05, 4.69) is 23.7 Å². The third kappa shape index (κ3) is 10.6. The molecule has 1 aromatic heterocycles. The molecule has 6 rings (SSSR count). The van der Waals surface area contributed by atoms with Crippen LogP contribution in [0.25, 0.3) is 0 Å². The van der Waals surface area contributed by atoms with Crippen LogP contribution in [-0.4, -0.2) is 102 Å². The third-order valence-corrected chi connectivity index (χ3v) is 11.7. The summed E-state index contributed by atoms with van der Waals surface area (Å²) in [6.45, 7) is 6.96. The summed E-state index contributed by atoms with van der Waals surface area (Å²) in [6.07, 6.45) is 8.13. The number of aliphatic hydroxyl groups excluding tert-OH is 3. The van der Waals surface area contributed by atoms with Gasteiger partial charge in [-0.2, -0.15) is 0 Å². The number of carbonyl (C=O) groups is 1. The zero-order valence-electron chi connectivity index (χ0n) is 35.0. The summed E-state index contributed by atoms with van der Waals surface area (Å²) in [5.41, 5.74) is 5.21. The number of methoxy groups -OCH3 is 1. The Bertz CT molecular complexity index is 1910. The van der Waals surface area contributed by atoms with E-state index < -0.39 is 23.8 Å². The number of pyridine rings is 1. The molecule has 1 saturated carbocycles. The number of hydrogen-bond donors (Lipinski definition) is 3. The lowest BCUT2D eigenvalue weighted by atomic mass is 9.55. The van der Waals surface area contributed by atoms with Crippen molar-refractivity contribution in [3.8, 4) is 11.5 Å². The van der Waals surface area contributed by atoms with Gasteiger partial charge in [-0.15, -0.1) is 6.58 Å². The summed E-state index contributed by atoms with van der Waals surface area (Å²) >= 11 is 0. The Morgan fingerprint density at radius 3 is 2.52 bits per heavy atom. The molecule has 2 aliphatic carbocycles. The van der Waals surface area contributed by atoms with Gasteiger partial charge in [0.1, 0.15) is 30.8 Å². The fourth-order valence-electron chi connectivity index (χ4n) is 9.16. The second-order valence-electron chi connectivity index (χ2n) is 15.6. The van der Waals surface area contributed by atoms with Crippen LogP contribution in [0.15, 0.2) is 96.2 Å². The number of hydrogen-bond acceptors (Lipinski definition) is 12. The molecule has 3 aliphatic rings. The van der Waals surface area contributed by atoms with Gasteiger partial charge >= 0.3 is 6.09 Å². The van der Waals surface area contributed by atoms with Gasteiger partial charge in [-0.25, -0.2) is 4.79 Å². The summed E-state index contributed by atoms with van der Waals surface area (Å²) in [4.78, 5) is 26.4. The molecule has 0 bridgehead atoms. The number of unbranched alkanes of at least 4 members (excludes halogenated alkanes) is 2. The van der Waals surface area contributed by atoms with Crippen molar-refractivity contribution in [2.45, 2.75) is 82.8 Å². The lowest BCUT2D eigenvalue weighted by Crippen LogP contribution is -2.70. The lowest BCUT2D eigenvalue weighted by Gasteiger charge is -2.59. The van der Waals surface area contributed by atoms with Gasteiger partial charge in [-0.1, -0.05) is 66.5 Å². The minimum absolute atomic E-state index is 0.0386. The summed E-state index contributed by atoms with van der Waals surface area (Å²) in [5, 5.41) is 34.2. The second-order valence-corrected chi connectivity index (χ2v) is 15.6. The van der Waals surface area contributed by atoms with E-state index in [4.69, 9.17) is 33.7 Å². The highest BCUT2D eigenvalue weighted by Gasteiger charge is 2.65. The number of rotatable bonds is 23. The number of aliphatic hydroxyl groups is 3. The molecule has 6 atom stereocenters. The van der Waals surface area contributed by atoms with Gasteiger partial charge in [0.2, 0.25) is 5.79 Å². The molecule has 0 spiro atoms. The van der Waals surface area contributed by atoms with Gasteiger partial charge in [-0.3, -0.25) is 9.88 Å². The minimum Gasteiger partial charge on any atom is -0.487 e. The highest BCUT2D eigenvalue weighted by atomic mass is 16.7. The van der Waals surface area contributed by atoms with Gasteiger partial charge in [0, 0.05) is 43.4 Å². The number of aromatic nitrogens is 1. The standard InChI is InChI=1S/C47H61N3O10/c1-4-25-58-47-43(50(46(54)55-3)21-26-56-27-24-53)30-41(49-59-31-34-14-6-5-7-15-34)39-28-35(16-8-10-22-51)38(18-9-11-23-52)44(45(39)47)40-29-37(19-20-42(40)60-47)57-32-36-17-12-13-33(2)48-36/h4-7,12-15,17,19-20,28-29,35,38,43-45,51-53H,1,8-11,16,18,21-27,30-32H2,2-3H3. The molecule has 1 amide bonds. The van der Waals surface area contributed by atoms with E-state index in [0.29, 0.717) is 30.1 Å². The molecule has 60 heavy (non-hydrogen) atoms. The van der Waals surface area contributed by atoms with Gasteiger partial charge in [0.25, 0.3) is 0 Å². The average molecular weight is 828 g/mol. The predicted molar refractivity (Wildman–Crippen MR) is 227 cm³/mol. The molecule has 3 N–H and O–H groups in total. The highest BCUT2D eigenvalue weighted by molar-refractivity contribution is 6.03. The monoisotopic (exact) mass is 827 g/mol. The molecule has 2 heterocycles. The van der Waals surface area contributed by atoms with Crippen LogP contribution in [0.1, 0.15) is 73.4 Å².